The van der Waals surface area contributed by atoms with Crippen LogP contribution in [0.2, 0.25) is 0 Å². The van der Waals surface area contributed by atoms with E-state index in [-0.39, 0.29) is 11.9 Å². The zero-order valence-electron chi connectivity index (χ0n) is 16.7. The van der Waals surface area contributed by atoms with Gasteiger partial charge in [-0.15, -0.1) is 6.58 Å². The number of hydrogen-bond donors (Lipinski definition) is 3. The topological polar surface area (TPSA) is 99.4 Å². The quantitative estimate of drug-likeness (QED) is 0.359. The third kappa shape index (κ3) is 3.57. The molecule has 1 amide bonds. The number of rotatable bonds is 6. The van der Waals surface area contributed by atoms with E-state index in [1.807, 2.05) is 48.5 Å². The average molecular weight is 408 g/mol. The second-order valence-corrected chi connectivity index (χ2v) is 7.24. The molecule has 152 valence electrons. The van der Waals surface area contributed by atoms with Crippen LogP contribution in [0, 0.1) is 0 Å². The van der Waals surface area contributed by atoms with Crippen LogP contribution in [0.4, 0.5) is 0 Å². The summed E-state index contributed by atoms with van der Waals surface area (Å²) >= 11 is 0. The van der Waals surface area contributed by atoms with Gasteiger partial charge in [-0.1, -0.05) is 24.3 Å². The smallest absolute Gasteiger partial charge is 0.251 e. The Morgan fingerprint density at radius 2 is 1.97 bits per heavy atom. The molecular formula is C24H20N6O. The number of imidazole rings is 1. The molecular weight excluding hydrogens is 388 g/mol. The molecule has 0 bridgehead atoms. The average Bonchev–Trinajstić information content (AvgIpc) is 3.42. The van der Waals surface area contributed by atoms with Gasteiger partial charge in [0, 0.05) is 17.1 Å². The van der Waals surface area contributed by atoms with Gasteiger partial charge in [-0.3, -0.25) is 14.9 Å². The summed E-state index contributed by atoms with van der Waals surface area (Å²) in [6.45, 7) is 3.79. The van der Waals surface area contributed by atoms with Crippen LogP contribution in [0.25, 0.3) is 33.5 Å². The van der Waals surface area contributed by atoms with Crippen molar-refractivity contribution in [3.63, 3.8) is 0 Å². The third-order valence-electron chi connectivity index (χ3n) is 5.19. The number of carbonyl (C=O) groups is 1. The molecule has 1 unspecified atom stereocenters. The zero-order valence-corrected chi connectivity index (χ0v) is 16.7. The van der Waals surface area contributed by atoms with Crippen molar-refractivity contribution in [1.29, 1.82) is 0 Å². The van der Waals surface area contributed by atoms with Gasteiger partial charge in [0.25, 0.3) is 5.91 Å². The standard InChI is InChI=1S/C24H20N6O/c1-2-7-18(17-8-5-6-13-25-17)28-24(31)15-11-12-16-21(14-15)29-30-22(16)23-26-19-9-3-4-10-20(19)27-23/h2-6,8-14,18H,1,7H2,(H,26,27)(H,28,31)(H,29,30). The van der Waals surface area contributed by atoms with Crippen LogP contribution in [0.15, 0.2) is 79.5 Å². The first kappa shape index (κ1) is 18.7. The summed E-state index contributed by atoms with van der Waals surface area (Å²) < 4.78 is 0. The molecule has 3 heterocycles. The van der Waals surface area contributed by atoms with E-state index < -0.39 is 0 Å². The van der Waals surface area contributed by atoms with Crippen LogP contribution in [0.1, 0.15) is 28.5 Å². The number of para-hydroxylation sites is 2. The second kappa shape index (κ2) is 7.87. The van der Waals surface area contributed by atoms with Crippen molar-refractivity contribution >= 4 is 27.8 Å². The van der Waals surface area contributed by atoms with Crippen LogP contribution in [-0.2, 0) is 0 Å². The highest BCUT2D eigenvalue weighted by Crippen LogP contribution is 2.27. The largest absolute Gasteiger partial charge is 0.343 e. The van der Waals surface area contributed by atoms with E-state index in [0.717, 1.165) is 33.3 Å². The van der Waals surface area contributed by atoms with Crippen molar-refractivity contribution in [2.75, 3.05) is 0 Å². The number of aromatic nitrogens is 5. The molecule has 0 saturated heterocycles. The molecule has 5 aromatic rings. The Bertz CT molecular complexity index is 1350. The van der Waals surface area contributed by atoms with Crippen LogP contribution in [-0.4, -0.2) is 31.1 Å². The summed E-state index contributed by atoms with van der Waals surface area (Å²) in [5.74, 6) is 0.505. The molecule has 7 heteroatoms. The second-order valence-electron chi connectivity index (χ2n) is 7.24. The van der Waals surface area contributed by atoms with Gasteiger partial charge in [-0.2, -0.15) is 5.10 Å². The Morgan fingerprint density at radius 1 is 1.10 bits per heavy atom. The Kier molecular flexibility index (Phi) is 4.76. The van der Waals surface area contributed by atoms with Gasteiger partial charge >= 0.3 is 0 Å². The number of nitrogens with one attached hydrogen (secondary N) is 3. The number of nitrogens with zero attached hydrogens (tertiary/aromatic N) is 3. The van der Waals surface area contributed by atoms with E-state index in [2.05, 4.69) is 37.0 Å². The summed E-state index contributed by atoms with van der Waals surface area (Å²) in [5.41, 5.74) is 4.65. The molecule has 1 atom stereocenters. The first-order chi connectivity index (χ1) is 15.2. The van der Waals surface area contributed by atoms with E-state index >= 15 is 0 Å². The number of H-pyrrole nitrogens is 2. The fraction of sp³-hybridized carbons (Fsp3) is 0.0833. The van der Waals surface area contributed by atoms with E-state index in [1.165, 1.54) is 0 Å². The van der Waals surface area contributed by atoms with Crippen molar-refractivity contribution in [3.05, 3.63) is 90.8 Å². The molecule has 0 aliphatic carbocycles. The molecule has 0 aliphatic heterocycles. The highest BCUT2D eigenvalue weighted by molar-refractivity contribution is 6.00. The number of fused-ring (bicyclic) bond motifs is 2. The maximum Gasteiger partial charge on any atom is 0.251 e. The van der Waals surface area contributed by atoms with Gasteiger partial charge < -0.3 is 10.3 Å². The van der Waals surface area contributed by atoms with Gasteiger partial charge in [-0.25, -0.2) is 4.98 Å². The van der Waals surface area contributed by atoms with Gasteiger partial charge in [0.2, 0.25) is 0 Å². The third-order valence-corrected chi connectivity index (χ3v) is 5.19. The Morgan fingerprint density at radius 3 is 2.77 bits per heavy atom. The van der Waals surface area contributed by atoms with Crippen molar-refractivity contribution in [2.24, 2.45) is 0 Å². The SMILES string of the molecule is C=CCC(NC(=O)c1ccc2c(-c3nc4ccccc4[nH]3)n[nH]c2c1)c1ccccn1. The molecule has 0 fully saturated rings. The highest BCUT2D eigenvalue weighted by Gasteiger charge is 2.18. The number of aromatic amines is 2. The van der Waals surface area contributed by atoms with Crippen LogP contribution in [0.3, 0.4) is 0 Å². The Hall–Kier alpha value is -4.26. The first-order valence-electron chi connectivity index (χ1n) is 9.99. The van der Waals surface area contributed by atoms with E-state index in [1.54, 1.807) is 24.4 Å². The van der Waals surface area contributed by atoms with Crippen LogP contribution >= 0.6 is 0 Å². The summed E-state index contributed by atoms with van der Waals surface area (Å²) in [7, 11) is 0. The lowest BCUT2D eigenvalue weighted by Gasteiger charge is -2.16. The van der Waals surface area contributed by atoms with Crippen molar-refractivity contribution in [3.8, 4) is 11.5 Å². The van der Waals surface area contributed by atoms with Crippen molar-refractivity contribution < 1.29 is 4.79 Å². The number of amides is 1. The van der Waals surface area contributed by atoms with Crippen molar-refractivity contribution in [2.45, 2.75) is 12.5 Å². The van der Waals surface area contributed by atoms with Crippen molar-refractivity contribution in [1.82, 2.24) is 30.5 Å². The van der Waals surface area contributed by atoms with E-state index in [4.69, 9.17) is 0 Å². The molecule has 3 N–H and O–H groups in total. The van der Waals surface area contributed by atoms with Crippen LogP contribution in [0.5, 0.6) is 0 Å². The molecule has 0 spiro atoms. The van der Waals surface area contributed by atoms with Gasteiger partial charge in [0.15, 0.2) is 5.82 Å². The Balaban J connectivity index is 1.43. The fourth-order valence-corrected chi connectivity index (χ4v) is 3.65. The number of pyridine rings is 1. The monoisotopic (exact) mass is 408 g/mol. The summed E-state index contributed by atoms with van der Waals surface area (Å²) in [6, 6.07) is 18.7. The number of carbonyl (C=O) groups excluding carboxylic acids is 1. The maximum absolute atomic E-state index is 12.9. The summed E-state index contributed by atoms with van der Waals surface area (Å²) in [5, 5.41) is 11.4. The van der Waals surface area contributed by atoms with Gasteiger partial charge in [0.05, 0.1) is 28.3 Å². The molecule has 7 nitrogen and oxygen atoms in total. The zero-order chi connectivity index (χ0) is 21.2. The minimum Gasteiger partial charge on any atom is -0.343 e. The molecule has 0 radical (unpaired) electrons. The predicted octanol–water partition coefficient (Wildman–Crippen LogP) is 4.55. The lowest BCUT2D eigenvalue weighted by atomic mass is 10.1. The minimum atomic E-state index is -0.241. The van der Waals surface area contributed by atoms with Gasteiger partial charge in [0.1, 0.15) is 5.69 Å². The summed E-state index contributed by atoms with van der Waals surface area (Å²) in [4.78, 5) is 25.2. The normalized spacial score (nSPS) is 12.1. The van der Waals surface area contributed by atoms with E-state index in [0.29, 0.717) is 17.8 Å². The molecule has 0 aliphatic rings. The predicted molar refractivity (Wildman–Crippen MR) is 120 cm³/mol. The lowest BCUT2D eigenvalue weighted by Crippen LogP contribution is -2.28. The molecule has 2 aromatic carbocycles. The van der Waals surface area contributed by atoms with Gasteiger partial charge in [-0.05, 0) is 48.9 Å². The lowest BCUT2D eigenvalue weighted by molar-refractivity contribution is 0.0936. The molecule has 31 heavy (non-hydrogen) atoms. The molecule has 5 rings (SSSR count). The number of hydrogen-bond acceptors (Lipinski definition) is 4. The Labute approximate surface area is 178 Å². The van der Waals surface area contributed by atoms with Crippen LogP contribution < -0.4 is 5.32 Å². The summed E-state index contributed by atoms with van der Waals surface area (Å²) in [6.07, 6.45) is 4.08. The highest BCUT2D eigenvalue weighted by atomic mass is 16.1. The fourth-order valence-electron chi connectivity index (χ4n) is 3.65. The van der Waals surface area contributed by atoms with E-state index in [9.17, 15) is 4.79 Å². The molecule has 3 aromatic heterocycles. The number of benzene rings is 2. The first-order valence-corrected chi connectivity index (χ1v) is 9.99. The maximum atomic E-state index is 12.9. The molecule has 0 saturated carbocycles. The minimum absolute atomic E-state index is 0.181.